The lowest BCUT2D eigenvalue weighted by Gasteiger charge is -2.10. The summed E-state index contributed by atoms with van der Waals surface area (Å²) in [6.07, 6.45) is 0. The highest BCUT2D eigenvalue weighted by molar-refractivity contribution is 9.10. The monoisotopic (exact) mass is 474 g/mol. The maximum Gasteiger partial charge on any atom is 0.117 e. The third-order valence-electron chi connectivity index (χ3n) is 3.54. The zero-order valence-corrected chi connectivity index (χ0v) is 16.5. The van der Waals surface area contributed by atoms with Gasteiger partial charge in [-0.25, -0.2) is 19.9 Å². The van der Waals surface area contributed by atoms with Crippen LogP contribution in [0.1, 0.15) is 0 Å². The molecule has 4 rings (SSSR count). The fourth-order valence-corrected chi connectivity index (χ4v) is 3.32. The molecular formula is C18H9Br2ClN4. The van der Waals surface area contributed by atoms with E-state index in [0.29, 0.717) is 27.6 Å². The number of hydrogen-bond donors (Lipinski definition) is 0. The topological polar surface area (TPSA) is 51.6 Å². The zero-order chi connectivity index (χ0) is 17.4. The van der Waals surface area contributed by atoms with E-state index >= 15 is 0 Å². The van der Waals surface area contributed by atoms with Gasteiger partial charge in [0.25, 0.3) is 0 Å². The van der Waals surface area contributed by atoms with Crippen molar-refractivity contribution in [2.24, 2.45) is 0 Å². The lowest BCUT2D eigenvalue weighted by Crippen LogP contribution is -1.98. The molecule has 0 spiro atoms. The van der Waals surface area contributed by atoms with Gasteiger partial charge >= 0.3 is 0 Å². The molecule has 0 N–H and O–H groups in total. The predicted molar refractivity (Wildman–Crippen MR) is 106 cm³/mol. The van der Waals surface area contributed by atoms with Crippen molar-refractivity contribution in [3.63, 3.8) is 0 Å². The minimum atomic E-state index is 0.614. The molecule has 0 fully saturated rings. The number of hydrogen-bond acceptors (Lipinski definition) is 4. The molecule has 0 unspecified atom stereocenters. The molecule has 4 aromatic rings. The molecule has 7 heteroatoms. The van der Waals surface area contributed by atoms with Crippen molar-refractivity contribution in [2.75, 3.05) is 0 Å². The summed E-state index contributed by atoms with van der Waals surface area (Å²) in [6.45, 7) is 0. The van der Waals surface area contributed by atoms with Gasteiger partial charge in [0.15, 0.2) is 0 Å². The molecule has 0 radical (unpaired) electrons. The molecule has 0 saturated carbocycles. The second-order valence-electron chi connectivity index (χ2n) is 5.24. The summed E-state index contributed by atoms with van der Waals surface area (Å²) in [4.78, 5) is 18.6. The van der Waals surface area contributed by atoms with Crippen molar-refractivity contribution >= 4 is 54.5 Å². The van der Waals surface area contributed by atoms with Crippen molar-refractivity contribution in [3.05, 3.63) is 68.8 Å². The van der Waals surface area contributed by atoms with Crippen molar-refractivity contribution in [2.45, 2.75) is 0 Å². The zero-order valence-electron chi connectivity index (χ0n) is 12.6. The van der Waals surface area contributed by atoms with E-state index in [4.69, 9.17) is 21.6 Å². The Balaban J connectivity index is 2.05. The summed E-state index contributed by atoms with van der Waals surface area (Å²) in [5.74, 6) is 0. The smallest absolute Gasteiger partial charge is 0.117 e. The molecule has 0 amide bonds. The lowest BCUT2D eigenvalue weighted by molar-refractivity contribution is 1.18. The normalized spacial score (nSPS) is 11.0. The Morgan fingerprint density at radius 1 is 0.640 bits per heavy atom. The third kappa shape index (κ3) is 3.42. The van der Waals surface area contributed by atoms with E-state index in [1.54, 1.807) is 12.1 Å². The fourth-order valence-electron chi connectivity index (χ4n) is 2.46. The highest BCUT2D eigenvalue weighted by Gasteiger charge is 2.16. The summed E-state index contributed by atoms with van der Waals surface area (Å²) in [6, 6.07) is 16.8. The second-order valence-corrected chi connectivity index (χ2v) is 7.31. The number of rotatable bonds is 2. The second kappa shape index (κ2) is 6.78. The van der Waals surface area contributed by atoms with Crippen molar-refractivity contribution in [1.29, 1.82) is 0 Å². The van der Waals surface area contributed by atoms with Crippen LogP contribution >= 0.6 is 43.5 Å². The fraction of sp³-hybridized carbons (Fsp3) is 0. The summed E-state index contributed by atoms with van der Waals surface area (Å²) in [7, 11) is 0. The molecule has 1 aromatic carbocycles. The van der Waals surface area contributed by atoms with Crippen LogP contribution in [0.3, 0.4) is 0 Å². The van der Waals surface area contributed by atoms with Gasteiger partial charge in [-0.1, -0.05) is 23.7 Å². The molecular weight excluding hydrogens is 467 g/mol. The number of halogens is 3. The van der Waals surface area contributed by atoms with E-state index in [-0.39, 0.29) is 0 Å². The Hall–Kier alpha value is -1.89. The van der Waals surface area contributed by atoms with Gasteiger partial charge < -0.3 is 0 Å². The quantitative estimate of drug-likeness (QED) is 0.337. The molecule has 122 valence electrons. The van der Waals surface area contributed by atoms with Crippen LogP contribution in [0.5, 0.6) is 0 Å². The first-order valence-corrected chi connectivity index (χ1v) is 9.30. The summed E-state index contributed by atoms with van der Waals surface area (Å²) >= 11 is 12.9. The molecule has 0 aliphatic carbocycles. The lowest BCUT2D eigenvalue weighted by atomic mass is 10.1. The van der Waals surface area contributed by atoms with Crippen LogP contribution in [0, 0.1) is 0 Å². The van der Waals surface area contributed by atoms with E-state index in [0.717, 1.165) is 20.4 Å². The molecule has 25 heavy (non-hydrogen) atoms. The Labute approximate surface area is 165 Å². The average molecular weight is 477 g/mol. The molecule has 0 atom stereocenters. The van der Waals surface area contributed by atoms with Crippen LogP contribution in [-0.4, -0.2) is 19.9 Å². The van der Waals surface area contributed by atoms with Gasteiger partial charge in [0.2, 0.25) is 0 Å². The molecule has 0 aliphatic heterocycles. The molecule has 3 heterocycles. The van der Waals surface area contributed by atoms with Gasteiger partial charge in [-0.2, -0.15) is 0 Å². The molecule has 3 aromatic heterocycles. The van der Waals surface area contributed by atoms with Gasteiger partial charge in [0.1, 0.15) is 20.6 Å². The number of benzene rings is 1. The Bertz CT molecular complexity index is 1100. The van der Waals surface area contributed by atoms with E-state index < -0.39 is 0 Å². The summed E-state index contributed by atoms with van der Waals surface area (Å²) in [5, 5.41) is 0.614. The van der Waals surface area contributed by atoms with Gasteiger partial charge in [-0.05, 0) is 74.3 Å². The average Bonchev–Trinajstić information content (AvgIpc) is 2.60. The molecule has 0 aliphatic rings. The van der Waals surface area contributed by atoms with E-state index in [2.05, 4.69) is 41.8 Å². The van der Waals surface area contributed by atoms with E-state index in [1.165, 1.54) is 0 Å². The van der Waals surface area contributed by atoms with Crippen LogP contribution in [0.25, 0.3) is 33.8 Å². The SMILES string of the molecule is Clc1ccc2nc(-c3cccc(Br)n3)c(-c3cccc(Br)n3)nc2c1. The standard InChI is InChI=1S/C18H9Br2ClN4/c19-15-5-1-3-12(22-15)17-18(13-4-2-6-16(20)23-13)25-14-9-10(21)7-8-11(14)24-17/h1-9H. The Kier molecular flexibility index (Phi) is 4.50. The van der Waals surface area contributed by atoms with Crippen molar-refractivity contribution in [3.8, 4) is 22.8 Å². The van der Waals surface area contributed by atoms with Gasteiger partial charge in [0, 0.05) is 5.02 Å². The predicted octanol–water partition coefficient (Wildman–Crippen LogP) is 5.93. The number of fused-ring (bicyclic) bond motifs is 1. The molecule has 0 saturated heterocycles. The van der Waals surface area contributed by atoms with Crippen LogP contribution < -0.4 is 0 Å². The van der Waals surface area contributed by atoms with E-state index in [9.17, 15) is 0 Å². The van der Waals surface area contributed by atoms with Crippen LogP contribution in [0.4, 0.5) is 0 Å². The first-order chi connectivity index (χ1) is 12.1. The van der Waals surface area contributed by atoms with Gasteiger partial charge in [0.05, 0.1) is 22.4 Å². The first-order valence-electron chi connectivity index (χ1n) is 7.33. The van der Waals surface area contributed by atoms with Crippen molar-refractivity contribution in [1.82, 2.24) is 19.9 Å². The largest absolute Gasteiger partial charge is 0.242 e. The van der Waals surface area contributed by atoms with Crippen LogP contribution in [0.15, 0.2) is 63.8 Å². The van der Waals surface area contributed by atoms with Crippen LogP contribution in [-0.2, 0) is 0 Å². The molecule has 0 bridgehead atoms. The van der Waals surface area contributed by atoms with Gasteiger partial charge in [-0.15, -0.1) is 0 Å². The minimum absolute atomic E-state index is 0.614. The first kappa shape index (κ1) is 16.6. The van der Waals surface area contributed by atoms with Crippen molar-refractivity contribution < 1.29 is 0 Å². The maximum absolute atomic E-state index is 6.11. The molecule has 4 nitrogen and oxygen atoms in total. The third-order valence-corrected chi connectivity index (χ3v) is 4.66. The van der Waals surface area contributed by atoms with E-state index in [1.807, 2.05) is 42.5 Å². The Morgan fingerprint density at radius 3 is 1.76 bits per heavy atom. The number of aromatic nitrogens is 4. The van der Waals surface area contributed by atoms with Crippen LogP contribution in [0.2, 0.25) is 5.02 Å². The maximum atomic E-state index is 6.11. The van der Waals surface area contributed by atoms with Gasteiger partial charge in [-0.3, -0.25) is 0 Å². The highest BCUT2D eigenvalue weighted by atomic mass is 79.9. The summed E-state index contributed by atoms with van der Waals surface area (Å²) < 4.78 is 1.46. The Morgan fingerprint density at radius 2 is 1.20 bits per heavy atom. The highest BCUT2D eigenvalue weighted by Crippen LogP contribution is 2.31. The number of nitrogens with zero attached hydrogens (tertiary/aromatic N) is 4. The minimum Gasteiger partial charge on any atom is -0.242 e. The summed E-state index contributed by atoms with van der Waals surface area (Å²) in [5.41, 5.74) is 4.21. The number of pyridine rings is 2.